The number of fused-ring (bicyclic) bond motifs is 4. The van der Waals surface area contributed by atoms with Crippen molar-refractivity contribution >= 4 is 17.2 Å². The van der Waals surface area contributed by atoms with E-state index in [-0.39, 0.29) is 23.7 Å². The zero-order chi connectivity index (χ0) is 24.4. The maximum absolute atomic E-state index is 14.7. The Balaban J connectivity index is 1.82. The van der Waals surface area contributed by atoms with E-state index in [0.717, 1.165) is 47.8 Å². The number of aryl methyl sites for hydroxylation is 2. The van der Waals surface area contributed by atoms with E-state index in [2.05, 4.69) is 13.8 Å². The van der Waals surface area contributed by atoms with Gasteiger partial charge in [-0.25, -0.2) is 9.37 Å². The molecule has 3 aromatic rings. The second-order valence-corrected chi connectivity index (χ2v) is 10.1. The number of halogens is 1. The average molecular weight is 463 g/mol. The van der Waals surface area contributed by atoms with E-state index in [1.165, 1.54) is 6.07 Å². The molecule has 3 heterocycles. The molecule has 0 amide bonds. The van der Waals surface area contributed by atoms with Crippen molar-refractivity contribution in [3.05, 3.63) is 61.7 Å². The van der Waals surface area contributed by atoms with Crippen molar-refractivity contribution in [1.82, 2.24) is 9.55 Å². The van der Waals surface area contributed by atoms with Gasteiger partial charge in [-0.3, -0.25) is 9.59 Å². The molecule has 1 aliphatic carbocycles. The fourth-order valence-corrected chi connectivity index (χ4v) is 5.72. The topological polar surface area (TPSA) is 72.2 Å². The van der Waals surface area contributed by atoms with Crippen molar-refractivity contribution in [3.8, 4) is 11.4 Å². The van der Waals surface area contributed by atoms with E-state index in [1.54, 1.807) is 17.6 Å². The standard InChI is InChI=1S/C28H31FN2O3/c1-5-15(3)10-19-21(28(34,6-2)14-32)11-24-26-20(13-31(24)27(19)33)18-9-7-8-17-16(4)22(29)12-23(30-26)25(17)18/h11-12,14-15,34H,5-10,13H2,1-4H3/t15?,28-/m1/s1. The molecular weight excluding hydrogens is 431 g/mol. The summed E-state index contributed by atoms with van der Waals surface area (Å²) in [5.41, 5.74) is 4.71. The first-order valence-electron chi connectivity index (χ1n) is 12.3. The third-order valence-corrected chi connectivity index (χ3v) is 8.08. The quantitative estimate of drug-likeness (QED) is 0.420. The monoisotopic (exact) mass is 462 g/mol. The Kier molecular flexibility index (Phi) is 5.47. The molecule has 2 aliphatic rings. The number of pyridine rings is 2. The van der Waals surface area contributed by atoms with E-state index < -0.39 is 5.60 Å². The van der Waals surface area contributed by atoms with Crippen molar-refractivity contribution in [2.75, 3.05) is 0 Å². The van der Waals surface area contributed by atoms with Gasteiger partial charge in [-0.2, -0.15) is 0 Å². The van der Waals surface area contributed by atoms with Crippen LogP contribution in [0.15, 0.2) is 16.9 Å². The molecule has 0 fully saturated rings. The van der Waals surface area contributed by atoms with Crippen LogP contribution in [0.1, 0.15) is 73.4 Å². The smallest absolute Gasteiger partial charge is 0.254 e. The van der Waals surface area contributed by atoms with Crippen molar-refractivity contribution in [1.29, 1.82) is 0 Å². The highest BCUT2D eigenvalue weighted by Crippen LogP contribution is 2.42. The van der Waals surface area contributed by atoms with Crippen LogP contribution in [-0.2, 0) is 36.2 Å². The van der Waals surface area contributed by atoms with Crippen molar-refractivity contribution in [3.63, 3.8) is 0 Å². The fourth-order valence-electron chi connectivity index (χ4n) is 5.72. The first kappa shape index (κ1) is 22.9. The van der Waals surface area contributed by atoms with Crippen LogP contribution in [0.25, 0.3) is 22.3 Å². The summed E-state index contributed by atoms with van der Waals surface area (Å²) in [4.78, 5) is 30.7. The summed E-state index contributed by atoms with van der Waals surface area (Å²) in [6.07, 6.45) is 4.71. The Bertz CT molecular complexity index is 1410. The predicted molar refractivity (Wildman–Crippen MR) is 131 cm³/mol. The van der Waals surface area contributed by atoms with Crippen LogP contribution in [0.3, 0.4) is 0 Å². The second kappa shape index (κ2) is 8.12. The Labute approximate surface area is 198 Å². The summed E-state index contributed by atoms with van der Waals surface area (Å²) in [6, 6.07) is 3.28. The minimum Gasteiger partial charge on any atom is -0.378 e. The van der Waals surface area contributed by atoms with Gasteiger partial charge in [0.1, 0.15) is 11.4 Å². The molecular formula is C28H31FN2O3. The maximum Gasteiger partial charge on any atom is 0.254 e. The van der Waals surface area contributed by atoms with Crippen LogP contribution in [0, 0.1) is 18.7 Å². The van der Waals surface area contributed by atoms with Crippen LogP contribution in [0.4, 0.5) is 4.39 Å². The lowest BCUT2D eigenvalue weighted by molar-refractivity contribution is -0.125. The molecule has 1 aromatic carbocycles. The summed E-state index contributed by atoms with van der Waals surface area (Å²) in [7, 11) is 0. The zero-order valence-electron chi connectivity index (χ0n) is 20.3. The van der Waals surface area contributed by atoms with Gasteiger partial charge in [-0.15, -0.1) is 0 Å². The highest BCUT2D eigenvalue weighted by molar-refractivity contribution is 5.92. The van der Waals surface area contributed by atoms with Crippen LogP contribution in [0.5, 0.6) is 0 Å². The SMILES string of the molecule is CCC(C)Cc1c([C@](O)(C=O)CC)cc2n(c1=O)Cc1c-2nc2cc(F)c(C)c3c2c1CCC3. The van der Waals surface area contributed by atoms with Crippen LogP contribution < -0.4 is 5.56 Å². The van der Waals surface area contributed by atoms with Gasteiger partial charge >= 0.3 is 0 Å². The molecule has 5 rings (SSSR count). The Hall–Kier alpha value is -2.86. The number of aldehydes is 1. The molecule has 1 aliphatic heterocycles. The van der Waals surface area contributed by atoms with Gasteiger partial charge in [0.15, 0.2) is 6.29 Å². The van der Waals surface area contributed by atoms with Gasteiger partial charge < -0.3 is 9.67 Å². The van der Waals surface area contributed by atoms with E-state index in [1.807, 2.05) is 6.92 Å². The number of hydrogen-bond acceptors (Lipinski definition) is 4. The highest BCUT2D eigenvalue weighted by atomic mass is 19.1. The number of carbonyl (C=O) groups excluding carboxylic acids is 1. The molecule has 1 N–H and O–H groups in total. The molecule has 34 heavy (non-hydrogen) atoms. The Morgan fingerprint density at radius 3 is 2.65 bits per heavy atom. The van der Waals surface area contributed by atoms with Crippen LogP contribution >= 0.6 is 0 Å². The van der Waals surface area contributed by atoms with Gasteiger partial charge in [0, 0.05) is 28.1 Å². The lowest BCUT2D eigenvalue weighted by Gasteiger charge is -2.25. The maximum atomic E-state index is 14.7. The molecule has 0 saturated carbocycles. The summed E-state index contributed by atoms with van der Waals surface area (Å²) < 4.78 is 16.4. The van der Waals surface area contributed by atoms with Gasteiger partial charge in [0.05, 0.1) is 23.4 Å². The summed E-state index contributed by atoms with van der Waals surface area (Å²) in [5, 5.41) is 12.2. The molecule has 6 heteroatoms. The fraction of sp³-hybridized carbons (Fsp3) is 0.464. The molecule has 0 radical (unpaired) electrons. The van der Waals surface area contributed by atoms with Crippen LogP contribution in [0.2, 0.25) is 0 Å². The van der Waals surface area contributed by atoms with E-state index in [0.29, 0.717) is 52.8 Å². The van der Waals surface area contributed by atoms with Crippen molar-refractivity contribution in [2.24, 2.45) is 5.92 Å². The lowest BCUT2D eigenvalue weighted by Crippen LogP contribution is -2.34. The summed E-state index contributed by atoms with van der Waals surface area (Å²) in [5.74, 6) is -0.0268. The van der Waals surface area contributed by atoms with Gasteiger partial charge in [-0.05, 0) is 67.7 Å². The third kappa shape index (κ3) is 3.18. The van der Waals surface area contributed by atoms with Crippen LogP contribution in [-0.4, -0.2) is 20.9 Å². The lowest BCUT2D eigenvalue weighted by atomic mass is 9.84. The summed E-state index contributed by atoms with van der Waals surface area (Å²) in [6.45, 7) is 8.11. The van der Waals surface area contributed by atoms with E-state index >= 15 is 0 Å². The number of rotatable bonds is 6. The molecule has 0 bridgehead atoms. The number of aromatic nitrogens is 2. The minimum atomic E-state index is -1.73. The number of aliphatic hydroxyl groups is 1. The third-order valence-electron chi connectivity index (χ3n) is 8.08. The molecule has 178 valence electrons. The van der Waals surface area contributed by atoms with Gasteiger partial charge in [0.25, 0.3) is 5.56 Å². The molecule has 2 atom stereocenters. The minimum absolute atomic E-state index is 0.171. The molecule has 2 aromatic heterocycles. The normalized spacial score (nSPS) is 16.8. The Morgan fingerprint density at radius 2 is 1.97 bits per heavy atom. The number of benzene rings is 1. The van der Waals surface area contributed by atoms with E-state index in [4.69, 9.17) is 4.98 Å². The molecule has 5 nitrogen and oxygen atoms in total. The summed E-state index contributed by atoms with van der Waals surface area (Å²) >= 11 is 0. The highest BCUT2D eigenvalue weighted by Gasteiger charge is 2.36. The van der Waals surface area contributed by atoms with Gasteiger partial charge in [-0.1, -0.05) is 27.2 Å². The molecule has 0 saturated heterocycles. The second-order valence-electron chi connectivity index (χ2n) is 10.1. The number of nitrogens with zero attached hydrogens (tertiary/aromatic N) is 2. The average Bonchev–Trinajstić information content (AvgIpc) is 3.22. The van der Waals surface area contributed by atoms with Crippen molar-refractivity contribution < 1.29 is 14.3 Å². The number of carbonyl (C=O) groups is 1. The van der Waals surface area contributed by atoms with E-state index in [9.17, 15) is 19.1 Å². The first-order valence-corrected chi connectivity index (χ1v) is 12.3. The Morgan fingerprint density at radius 1 is 1.24 bits per heavy atom. The number of hydrogen-bond donors (Lipinski definition) is 1. The van der Waals surface area contributed by atoms with Crippen molar-refractivity contribution in [2.45, 2.75) is 78.4 Å². The first-order chi connectivity index (χ1) is 16.2. The molecule has 1 unspecified atom stereocenters. The largest absolute Gasteiger partial charge is 0.378 e. The predicted octanol–water partition coefficient (Wildman–Crippen LogP) is 4.75. The van der Waals surface area contributed by atoms with Gasteiger partial charge in [0.2, 0.25) is 0 Å². The zero-order valence-corrected chi connectivity index (χ0v) is 20.3. The molecule has 0 spiro atoms.